The van der Waals surface area contributed by atoms with E-state index in [0.717, 1.165) is 24.2 Å². The minimum Gasteiger partial charge on any atom is -0.384 e. The Balaban J connectivity index is 1.76. The smallest absolute Gasteiger partial charge is 0.251 e. The molecular formula is C17H17ClN2O. The molecule has 0 aliphatic carbocycles. The first-order valence-corrected chi connectivity index (χ1v) is 7.45. The maximum Gasteiger partial charge on any atom is 0.251 e. The van der Waals surface area contributed by atoms with Crippen molar-refractivity contribution in [2.75, 3.05) is 11.9 Å². The van der Waals surface area contributed by atoms with Crippen LogP contribution >= 0.6 is 11.6 Å². The lowest BCUT2D eigenvalue weighted by atomic mass is 10.1. The minimum atomic E-state index is -0.132. The van der Waals surface area contributed by atoms with Crippen LogP contribution in [0.3, 0.4) is 0 Å². The molecule has 2 N–H and O–H groups in total. The number of fused-ring (bicyclic) bond motifs is 1. The normalized spacial score (nSPS) is 14.2. The molecule has 3 rings (SSSR count). The summed E-state index contributed by atoms with van der Waals surface area (Å²) in [7, 11) is 0. The highest BCUT2D eigenvalue weighted by atomic mass is 35.5. The van der Waals surface area contributed by atoms with Gasteiger partial charge in [-0.25, -0.2) is 0 Å². The van der Waals surface area contributed by atoms with Crippen LogP contribution in [0, 0.1) is 0 Å². The van der Waals surface area contributed by atoms with Gasteiger partial charge in [-0.05, 0) is 42.7 Å². The molecule has 0 radical (unpaired) electrons. The molecule has 0 bridgehead atoms. The van der Waals surface area contributed by atoms with Crippen molar-refractivity contribution in [2.24, 2.45) is 0 Å². The molecule has 21 heavy (non-hydrogen) atoms. The van der Waals surface area contributed by atoms with Crippen LogP contribution in [-0.2, 0) is 6.42 Å². The third kappa shape index (κ3) is 2.88. The fourth-order valence-electron chi connectivity index (χ4n) is 2.62. The first kappa shape index (κ1) is 14.0. The molecule has 0 unspecified atom stereocenters. The zero-order valence-electron chi connectivity index (χ0n) is 11.8. The van der Waals surface area contributed by atoms with Crippen LogP contribution in [0.25, 0.3) is 0 Å². The Hall–Kier alpha value is -2.00. The summed E-state index contributed by atoms with van der Waals surface area (Å²) in [5.74, 6) is -0.0843. The molecule has 0 saturated carbocycles. The van der Waals surface area contributed by atoms with E-state index < -0.39 is 0 Å². The summed E-state index contributed by atoms with van der Waals surface area (Å²) in [6.07, 6.45) is 1.02. The summed E-state index contributed by atoms with van der Waals surface area (Å²) >= 11 is 6.16. The molecular weight excluding hydrogens is 284 g/mol. The highest BCUT2D eigenvalue weighted by molar-refractivity contribution is 6.31. The van der Waals surface area contributed by atoms with E-state index >= 15 is 0 Å². The lowest BCUT2D eigenvalue weighted by molar-refractivity contribution is 0.0940. The van der Waals surface area contributed by atoms with E-state index in [9.17, 15) is 4.79 Å². The monoisotopic (exact) mass is 300 g/mol. The van der Waals surface area contributed by atoms with Gasteiger partial charge in [-0.15, -0.1) is 0 Å². The Morgan fingerprint density at radius 2 is 2.10 bits per heavy atom. The fraction of sp³-hybridized carbons (Fsp3) is 0.235. The zero-order chi connectivity index (χ0) is 14.8. The van der Waals surface area contributed by atoms with Crippen LogP contribution in [0.2, 0.25) is 5.02 Å². The fourth-order valence-corrected chi connectivity index (χ4v) is 2.92. The summed E-state index contributed by atoms with van der Waals surface area (Å²) in [4.78, 5) is 12.4. The van der Waals surface area contributed by atoms with Gasteiger partial charge in [0.05, 0.1) is 6.04 Å². The molecule has 2 aromatic rings. The quantitative estimate of drug-likeness (QED) is 0.905. The van der Waals surface area contributed by atoms with Crippen molar-refractivity contribution in [3.8, 4) is 0 Å². The van der Waals surface area contributed by atoms with E-state index in [1.165, 1.54) is 5.56 Å². The molecule has 1 heterocycles. The average molecular weight is 301 g/mol. The number of nitrogens with one attached hydrogen (secondary N) is 2. The molecule has 2 aromatic carbocycles. The molecule has 0 spiro atoms. The maximum atomic E-state index is 12.4. The number of rotatable bonds is 3. The maximum absolute atomic E-state index is 12.4. The SMILES string of the molecule is C[C@@H](NC(=O)c1ccc2c(c1)NCC2)c1ccccc1Cl. The van der Waals surface area contributed by atoms with Crippen molar-refractivity contribution in [3.63, 3.8) is 0 Å². The van der Waals surface area contributed by atoms with Gasteiger partial charge in [0.25, 0.3) is 5.91 Å². The van der Waals surface area contributed by atoms with Gasteiger partial charge in [0.1, 0.15) is 0 Å². The number of carbonyl (C=O) groups excluding carboxylic acids is 1. The molecule has 108 valence electrons. The van der Waals surface area contributed by atoms with Gasteiger partial charge in [-0.1, -0.05) is 35.9 Å². The predicted molar refractivity (Wildman–Crippen MR) is 86.0 cm³/mol. The molecule has 0 saturated heterocycles. The number of hydrogen-bond donors (Lipinski definition) is 2. The third-order valence-corrected chi connectivity index (χ3v) is 4.15. The molecule has 1 aliphatic heterocycles. The Morgan fingerprint density at radius 3 is 2.90 bits per heavy atom. The van der Waals surface area contributed by atoms with Gasteiger partial charge in [0.15, 0.2) is 0 Å². The molecule has 0 fully saturated rings. The van der Waals surface area contributed by atoms with Crippen molar-refractivity contribution in [1.29, 1.82) is 0 Å². The molecule has 1 atom stereocenters. The van der Waals surface area contributed by atoms with Gasteiger partial charge in [-0.3, -0.25) is 4.79 Å². The minimum absolute atomic E-state index is 0.0843. The lowest BCUT2D eigenvalue weighted by Gasteiger charge is -2.16. The average Bonchev–Trinajstić information content (AvgIpc) is 2.94. The number of amides is 1. The second-order valence-corrected chi connectivity index (χ2v) is 5.67. The van der Waals surface area contributed by atoms with Crippen molar-refractivity contribution in [3.05, 3.63) is 64.2 Å². The Labute approximate surface area is 129 Å². The van der Waals surface area contributed by atoms with Crippen molar-refractivity contribution in [2.45, 2.75) is 19.4 Å². The van der Waals surface area contributed by atoms with E-state index in [2.05, 4.69) is 10.6 Å². The van der Waals surface area contributed by atoms with Crippen molar-refractivity contribution in [1.82, 2.24) is 5.32 Å². The van der Waals surface area contributed by atoms with Gasteiger partial charge in [-0.2, -0.15) is 0 Å². The van der Waals surface area contributed by atoms with Crippen LogP contribution in [0.1, 0.15) is 34.5 Å². The van der Waals surface area contributed by atoms with Gasteiger partial charge < -0.3 is 10.6 Å². The Bertz CT molecular complexity index is 684. The van der Waals surface area contributed by atoms with Crippen LogP contribution in [-0.4, -0.2) is 12.5 Å². The van der Waals surface area contributed by atoms with Gasteiger partial charge in [0, 0.05) is 22.8 Å². The van der Waals surface area contributed by atoms with E-state index in [-0.39, 0.29) is 11.9 Å². The zero-order valence-corrected chi connectivity index (χ0v) is 12.6. The van der Waals surface area contributed by atoms with E-state index in [1.54, 1.807) is 0 Å². The molecule has 3 nitrogen and oxygen atoms in total. The van der Waals surface area contributed by atoms with Crippen molar-refractivity contribution < 1.29 is 4.79 Å². The summed E-state index contributed by atoms with van der Waals surface area (Å²) in [5, 5.41) is 6.95. The molecule has 0 aromatic heterocycles. The summed E-state index contributed by atoms with van der Waals surface area (Å²) in [5.41, 5.74) is 3.92. The van der Waals surface area contributed by atoms with Crippen molar-refractivity contribution >= 4 is 23.2 Å². The summed E-state index contributed by atoms with van der Waals surface area (Å²) < 4.78 is 0. The highest BCUT2D eigenvalue weighted by Crippen LogP contribution is 2.25. The van der Waals surface area contributed by atoms with E-state index in [4.69, 9.17) is 11.6 Å². The second kappa shape index (κ2) is 5.78. The van der Waals surface area contributed by atoms with Crippen LogP contribution in [0.5, 0.6) is 0 Å². The number of carbonyl (C=O) groups is 1. The highest BCUT2D eigenvalue weighted by Gasteiger charge is 2.16. The third-order valence-electron chi connectivity index (χ3n) is 3.80. The Morgan fingerprint density at radius 1 is 1.29 bits per heavy atom. The first-order chi connectivity index (χ1) is 10.1. The Kier molecular flexibility index (Phi) is 3.84. The predicted octanol–water partition coefficient (Wildman–Crippen LogP) is 3.80. The summed E-state index contributed by atoms with van der Waals surface area (Å²) in [6.45, 7) is 2.88. The largest absolute Gasteiger partial charge is 0.384 e. The van der Waals surface area contributed by atoms with Gasteiger partial charge in [0.2, 0.25) is 0 Å². The van der Waals surface area contributed by atoms with Crippen LogP contribution in [0.15, 0.2) is 42.5 Å². The molecule has 1 amide bonds. The van der Waals surface area contributed by atoms with Gasteiger partial charge >= 0.3 is 0 Å². The standard InChI is InChI=1S/C17H17ClN2O/c1-11(14-4-2-3-5-15(14)18)20-17(21)13-7-6-12-8-9-19-16(12)10-13/h2-7,10-11,19H,8-9H2,1H3,(H,20,21)/t11-/m1/s1. The van der Waals surface area contributed by atoms with E-state index in [0.29, 0.717) is 10.6 Å². The number of hydrogen-bond acceptors (Lipinski definition) is 2. The second-order valence-electron chi connectivity index (χ2n) is 5.27. The van der Waals surface area contributed by atoms with Crippen LogP contribution < -0.4 is 10.6 Å². The lowest BCUT2D eigenvalue weighted by Crippen LogP contribution is -2.26. The summed E-state index contributed by atoms with van der Waals surface area (Å²) in [6, 6.07) is 13.2. The number of benzene rings is 2. The van der Waals surface area contributed by atoms with E-state index in [1.807, 2.05) is 49.4 Å². The number of halogens is 1. The number of anilines is 1. The van der Waals surface area contributed by atoms with Crippen LogP contribution in [0.4, 0.5) is 5.69 Å². The molecule has 1 aliphatic rings. The molecule has 4 heteroatoms. The topological polar surface area (TPSA) is 41.1 Å². The first-order valence-electron chi connectivity index (χ1n) is 7.07.